The molecule has 0 saturated heterocycles. The van der Waals surface area contributed by atoms with Crippen LogP contribution in [0.2, 0.25) is 0 Å². The number of esters is 2. The SMILES string of the molecule is CC(C)=CC(=O)OC[C@@]1(C)CCC[C@]2(C)[C@@H]1CC[C@](C)(O)[C@H]2CC[C@H](C)CCOC(=O)CC(=O)O. The maximum atomic E-state index is 12.2. The molecule has 200 valence electrons. The van der Waals surface area contributed by atoms with Gasteiger partial charge >= 0.3 is 17.9 Å². The highest BCUT2D eigenvalue weighted by molar-refractivity contribution is 5.90. The molecule has 2 rings (SSSR count). The van der Waals surface area contributed by atoms with Gasteiger partial charge in [0.1, 0.15) is 6.42 Å². The summed E-state index contributed by atoms with van der Waals surface area (Å²) in [5.41, 5.74) is 0.00570. The first-order valence-electron chi connectivity index (χ1n) is 13.1. The number of hydrogen-bond donors (Lipinski definition) is 2. The maximum Gasteiger partial charge on any atom is 0.330 e. The first-order chi connectivity index (χ1) is 16.2. The van der Waals surface area contributed by atoms with Crippen LogP contribution in [-0.2, 0) is 23.9 Å². The van der Waals surface area contributed by atoms with Crippen LogP contribution >= 0.6 is 0 Å². The van der Waals surface area contributed by atoms with Gasteiger partial charge in [-0.15, -0.1) is 0 Å². The smallest absolute Gasteiger partial charge is 0.330 e. The van der Waals surface area contributed by atoms with Crippen LogP contribution in [0, 0.1) is 28.6 Å². The Kier molecular flexibility index (Phi) is 9.97. The second-order valence-corrected chi connectivity index (χ2v) is 12.1. The number of hydrogen-bond acceptors (Lipinski definition) is 6. The predicted molar refractivity (Wildman–Crippen MR) is 134 cm³/mol. The fourth-order valence-corrected chi connectivity index (χ4v) is 6.90. The largest absolute Gasteiger partial charge is 0.481 e. The van der Waals surface area contributed by atoms with E-state index in [2.05, 4.69) is 20.8 Å². The van der Waals surface area contributed by atoms with E-state index in [0.29, 0.717) is 18.9 Å². The minimum atomic E-state index is -1.18. The van der Waals surface area contributed by atoms with E-state index in [-0.39, 0.29) is 35.2 Å². The van der Waals surface area contributed by atoms with Crippen LogP contribution in [0.3, 0.4) is 0 Å². The lowest BCUT2D eigenvalue weighted by Crippen LogP contribution is -2.59. The number of fused-ring (bicyclic) bond motifs is 1. The molecule has 0 aromatic rings. The zero-order valence-corrected chi connectivity index (χ0v) is 22.5. The molecule has 35 heavy (non-hydrogen) atoms. The Morgan fingerprint density at radius 1 is 1.06 bits per heavy atom. The molecule has 2 aliphatic rings. The Bertz CT molecular complexity index is 797. The highest BCUT2D eigenvalue weighted by atomic mass is 16.5. The molecule has 2 fully saturated rings. The van der Waals surface area contributed by atoms with Crippen molar-refractivity contribution in [2.75, 3.05) is 13.2 Å². The molecule has 2 aliphatic carbocycles. The Morgan fingerprint density at radius 3 is 2.37 bits per heavy atom. The highest BCUT2D eigenvalue weighted by Crippen LogP contribution is 2.63. The van der Waals surface area contributed by atoms with Gasteiger partial charge in [-0.1, -0.05) is 39.2 Å². The standard InChI is InChI=1S/C28H46O7/c1-19(2)16-24(31)35-18-26(4)12-7-13-27(5)21(26)10-14-28(6,33)22(27)9-8-20(3)11-15-34-25(32)17-23(29)30/h16,20-22,33H,7-15,17-18H2,1-6H3,(H,29,30)/t20-,21+,22-,26+,27+,28-/m0/s1. The van der Waals surface area contributed by atoms with Gasteiger partial charge in [0, 0.05) is 11.5 Å². The van der Waals surface area contributed by atoms with Crippen molar-refractivity contribution in [3.63, 3.8) is 0 Å². The zero-order valence-electron chi connectivity index (χ0n) is 22.5. The molecule has 2 N–H and O–H groups in total. The van der Waals surface area contributed by atoms with Crippen molar-refractivity contribution in [2.24, 2.45) is 28.6 Å². The first-order valence-corrected chi connectivity index (χ1v) is 13.1. The van der Waals surface area contributed by atoms with E-state index in [1.54, 1.807) is 6.08 Å². The summed E-state index contributed by atoms with van der Waals surface area (Å²) in [5, 5.41) is 20.1. The Morgan fingerprint density at radius 2 is 1.74 bits per heavy atom. The van der Waals surface area contributed by atoms with Gasteiger partial charge in [0.15, 0.2) is 0 Å². The Hall–Kier alpha value is -1.89. The zero-order chi connectivity index (χ0) is 26.4. The maximum absolute atomic E-state index is 12.2. The molecule has 7 heteroatoms. The first kappa shape index (κ1) is 29.3. The van der Waals surface area contributed by atoms with Gasteiger partial charge in [0.2, 0.25) is 0 Å². The third kappa shape index (κ3) is 7.80. The second-order valence-electron chi connectivity index (χ2n) is 12.1. The van der Waals surface area contributed by atoms with E-state index in [9.17, 15) is 19.5 Å². The molecule has 0 unspecified atom stereocenters. The number of aliphatic carboxylic acids is 1. The normalized spacial score (nSPS) is 33.2. The second kappa shape index (κ2) is 11.9. The number of carbonyl (C=O) groups is 3. The summed E-state index contributed by atoms with van der Waals surface area (Å²) < 4.78 is 10.8. The van der Waals surface area contributed by atoms with Gasteiger partial charge in [-0.25, -0.2) is 4.79 Å². The van der Waals surface area contributed by atoms with Crippen LogP contribution in [0.25, 0.3) is 0 Å². The van der Waals surface area contributed by atoms with Crippen LogP contribution in [0.1, 0.15) is 99.3 Å². The third-order valence-electron chi connectivity index (χ3n) is 8.65. The molecule has 0 heterocycles. The summed E-state index contributed by atoms with van der Waals surface area (Å²) in [6, 6.07) is 0. The molecule has 0 bridgehead atoms. The minimum Gasteiger partial charge on any atom is -0.481 e. The van der Waals surface area contributed by atoms with E-state index in [0.717, 1.165) is 50.5 Å². The average Bonchev–Trinajstić information content (AvgIpc) is 2.70. The van der Waals surface area contributed by atoms with E-state index >= 15 is 0 Å². The summed E-state index contributed by atoms with van der Waals surface area (Å²) in [4.78, 5) is 34.3. The lowest BCUT2D eigenvalue weighted by Gasteiger charge is -2.61. The number of aliphatic hydroxyl groups is 1. The molecule has 0 aliphatic heterocycles. The molecule has 0 radical (unpaired) electrons. The predicted octanol–water partition coefficient (Wildman–Crippen LogP) is 5.29. The van der Waals surface area contributed by atoms with Crippen LogP contribution in [0.5, 0.6) is 0 Å². The van der Waals surface area contributed by atoms with Crippen molar-refractivity contribution < 1.29 is 34.1 Å². The average molecular weight is 495 g/mol. The molecule has 6 atom stereocenters. The van der Waals surface area contributed by atoms with Gasteiger partial charge in [0.05, 0.1) is 18.8 Å². The van der Waals surface area contributed by atoms with Gasteiger partial charge in [0.25, 0.3) is 0 Å². The van der Waals surface area contributed by atoms with E-state index in [1.807, 2.05) is 20.8 Å². The lowest BCUT2D eigenvalue weighted by molar-refractivity contribution is -0.186. The number of carboxylic acid groups (broad SMARTS) is 1. The molecule has 0 spiro atoms. The van der Waals surface area contributed by atoms with Gasteiger partial charge in [-0.3, -0.25) is 9.59 Å². The molecule has 0 aromatic carbocycles. The molecule has 7 nitrogen and oxygen atoms in total. The van der Waals surface area contributed by atoms with Gasteiger partial charge in [-0.05, 0) is 82.5 Å². The van der Waals surface area contributed by atoms with Crippen LogP contribution < -0.4 is 0 Å². The quantitative estimate of drug-likeness (QED) is 0.228. The third-order valence-corrected chi connectivity index (χ3v) is 8.65. The monoisotopic (exact) mass is 494 g/mol. The summed E-state index contributed by atoms with van der Waals surface area (Å²) in [7, 11) is 0. The number of allylic oxidation sites excluding steroid dienone is 1. The number of carbonyl (C=O) groups excluding carboxylic acids is 2. The summed E-state index contributed by atoms with van der Waals surface area (Å²) >= 11 is 0. The van der Waals surface area contributed by atoms with Gasteiger partial charge < -0.3 is 19.7 Å². The summed E-state index contributed by atoms with van der Waals surface area (Å²) in [6.07, 6.45) is 8.14. The van der Waals surface area contributed by atoms with Crippen LogP contribution in [0.15, 0.2) is 11.6 Å². The minimum absolute atomic E-state index is 0.0503. The Balaban J connectivity index is 2.04. The summed E-state index contributed by atoms with van der Waals surface area (Å²) in [6.45, 7) is 13.0. The molecule has 0 aromatic heterocycles. The molecular weight excluding hydrogens is 448 g/mol. The van der Waals surface area contributed by atoms with Crippen molar-refractivity contribution in [1.29, 1.82) is 0 Å². The topological polar surface area (TPSA) is 110 Å². The fraction of sp³-hybridized carbons (Fsp3) is 0.821. The number of carboxylic acids is 1. The highest BCUT2D eigenvalue weighted by Gasteiger charge is 2.59. The van der Waals surface area contributed by atoms with Crippen molar-refractivity contribution in [2.45, 2.75) is 105 Å². The summed E-state index contributed by atoms with van der Waals surface area (Å²) in [5.74, 6) is -1.40. The molecule has 0 amide bonds. The van der Waals surface area contributed by atoms with Crippen molar-refractivity contribution in [1.82, 2.24) is 0 Å². The van der Waals surface area contributed by atoms with Crippen LogP contribution in [0.4, 0.5) is 0 Å². The van der Waals surface area contributed by atoms with Crippen LogP contribution in [-0.4, -0.2) is 46.9 Å². The number of ether oxygens (including phenoxy) is 2. The Labute approximate surface area is 210 Å². The van der Waals surface area contributed by atoms with Crippen molar-refractivity contribution in [3.8, 4) is 0 Å². The molecule has 2 saturated carbocycles. The fourth-order valence-electron chi connectivity index (χ4n) is 6.90. The van der Waals surface area contributed by atoms with E-state index < -0.39 is 24.0 Å². The van der Waals surface area contributed by atoms with Crippen molar-refractivity contribution >= 4 is 17.9 Å². The molecular formula is C28H46O7. The van der Waals surface area contributed by atoms with E-state index in [1.165, 1.54) is 0 Å². The number of rotatable bonds is 11. The van der Waals surface area contributed by atoms with E-state index in [4.69, 9.17) is 14.6 Å². The van der Waals surface area contributed by atoms with Gasteiger partial charge in [-0.2, -0.15) is 0 Å². The van der Waals surface area contributed by atoms with Crippen molar-refractivity contribution in [3.05, 3.63) is 11.6 Å². The lowest BCUT2D eigenvalue weighted by atomic mass is 9.45.